The predicted octanol–water partition coefficient (Wildman–Crippen LogP) is 0.346. The number of amides is 1. The second kappa shape index (κ2) is 4.61. The molecule has 15 heavy (non-hydrogen) atoms. The van der Waals surface area contributed by atoms with E-state index in [1.165, 1.54) is 14.0 Å². The number of carbonyl (C=O) groups is 2. The van der Waals surface area contributed by atoms with Crippen molar-refractivity contribution in [1.82, 2.24) is 4.90 Å². The van der Waals surface area contributed by atoms with E-state index in [1.807, 2.05) is 0 Å². The number of hydrogen-bond donors (Lipinski definition) is 1. The van der Waals surface area contributed by atoms with Gasteiger partial charge in [-0.15, -0.1) is 0 Å². The normalized spacial score (nSPS) is 26.4. The summed E-state index contributed by atoms with van der Waals surface area (Å²) in [5, 5.41) is 9.20. The fraction of sp³-hybridized carbons (Fsp3) is 0.800. The Kier molecular flexibility index (Phi) is 3.68. The summed E-state index contributed by atoms with van der Waals surface area (Å²) in [6.07, 6.45) is 1.29. The third-order valence-electron chi connectivity index (χ3n) is 2.90. The average Bonchev–Trinajstić information content (AvgIpc) is 2.18. The Bertz CT molecular complexity index is 262. The Labute approximate surface area is 89.0 Å². The second-order valence-corrected chi connectivity index (χ2v) is 4.06. The van der Waals surface area contributed by atoms with Crippen molar-refractivity contribution >= 4 is 11.9 Å². The number of likely N-dealkylation sites (tertiary alicyclic amines) is 1. The Morgan fingerprint density at radius 1 is 1.53 bits per heavy atom. The van der Waals surface area contributed by atoms with E-state index in [1.54, 1.807) is 4.90 Å². The molecule has 86 valence electrons. The zero-order valence-electron chi connectivity index (χ0n) is 9.15. The fourth-order valence-corrected chi connectivity index (χ4v) is 2.03. The molecule has 1 aliphatic heterocycles. The maximum absolute atomic E-state index is 11.2. The van der Waals surface area contributed by atoms with Gasteiger partial charge in [-0.1, -0.05) is 0 Å². The average molecular weight is 215 g/mol. The van der Waals surface area contributed by atoms with Crippen LogP contribution in [0.3, 0.4) is 0 Å². The van der Waals surface area contributed by atoms with Gasteiger partial charge in [-0.3, -0.25) is 9.59 Å². The smallest absolute Gasteiger partial charge is 0.313 e. The van der Waals surface area contributed by atoms with Gasteiger partial charge in [0.2, 0.25) is 5.91 Å². The third-order valence-corrected chi connectivity index (χ3v) is 2.90. The van der Waals surface area contributed by atoms with Crippen LogP contribution in [0.1, 0.15) is 19.8 Å². The van der Waals surface area contributed by atoms with Crippen molar-refractivity contribution in [1.29, 1.82) is 0 Å². The minimum atomic E-state index is -0.918. The summed E-state index contributed by atoms with van der Waals surface area (Å²) in [7, 11) is 1.48. The number of aliphatic carboxylic acids is 1. The van der Waals surface area contributed by atoms with Gasteiger partial charge >= 0.3 is 5.97 Å². The van der Waals surface area contributed by atoms with Gasteiger partial charge in [-0.05, 0) is 12.8 Å². The number of carboxylic acids is 1. The molecule has 1 heterocycles. The molecular formula is C10H17NO4. The lowest BCUT2D eigenvalue weighted by atomic mass is 9.80. The van der Waals surface area contributed by atoms with E-state index in [-0.39, 0.29) is 19.1 Å². The summed E-state index contributed by atoms with van der Waals surface area (Å²) in [5.41, 5.74) is -0.918. The van der Waals surface area contributed by atoms with Crippen molar-refractivity contribution in [2.24, 2.45) is 5.41 Å². The van der Waals surface area contributed by atoms with Crippen LogP contribution in [-0.4, -0.2) is 48.7 Å². The van der Waals surface area contributed by atoms with Gasteiger partial charge in [0.25, 0.3) is 0 Å². The van der Waals surface area contributed by atoms with E-state index >= 15 is 0 Å². The Morgan fingerprint density at radius 3 is 2.67 bits per heavy atom. The lowest BCUT2D eigenvalue weighted by Crippen LogP contribution is -2.51. The molecule has 0 aromatic heterocycles. The van der Waals surface area contributed by atoms with E-state index < -0.39 is 11.4 Å². The van der Waals surface area contributed by atoms with Crippen molar-refractivity contribution in [2.45, 2.75) is 19.8 Å². The van der Waals surface area contributed by atoms with Crippen LogP contribution in [0.15, 0.2) is 0 Å². The molecule has 0 aliphatic carbocycles. The summed E-state index contributed by atoms with van der Waals surface area (Å²) in [6.45, 7) is 2.52. The van der Waals surface area contributed by atoms with Gasteiger partial charge in [-0.2, -0.15) is 0 Å². The summed E-state index contributed by atoms with van der Waals surface area (Å²) in [6, 6.07) is 0. The quantitative estimate of drug-likeness (QED) is 0.737. The zero-order valence-corrected chi connectivity index (χ0v) is 9.15. The van der Waals surface area contributed by atoms with Gasteiger partial charge in [0.05, 0.1) is 6.61 Å². The topological polar surface area (TPSA) is 66.8 Å². The molecule has 1 rings (SSSR count). The molecule has 0 radical (unpaired) electrons. The lowest BCUT2D eigenvalue weighted by Gasteiger charge is -2.38. The van der Waals surface area contributed by atoms with Crippen LogP contribution >= 0.6 is 0 Å². The van der Waals surface area contributed by atoms with Crippen molar-refractivity contribution in [3.8, 4) is 0 Å². The van der Waals surface area contributed by atoms with Gasteiger partial charge in [0.1, 0.15) is 5.41 Å². The summed E-state index contributed by atoms with van der Waals surface area (Å²) >= 11 is 0. The van der Waals surface area contributed by atoms with Crippen LogP contribution in [-0.2, 0) is 14.3 Å². The molecule has 0 spiro atoms. The predicted molar refractivity (Wildman–Crippen MR) is 53.4 cm³/mol. The van der Waals surface area contributed by atoms with Gasteiger partial charge in [-0.25, -0.2) is 0 Å². The number of nitrogens with zero attached hydrogens (tertiary/aromatic N) is 1. The molecular weight excluding hydrogens is 198 g/mol. The Hall–Kier alpha value is -1.10. The molecule has 0 saturated carbocycles. The van der Waals surface area contributed by atoms with E-state index in [0.29, 0.717) is 13.0 Å². The van der Waals surface area contributed by atoms with Crippen molar-refractivity contribution < 1.29 is 19.4 Å². The molecule has 5 nitrogen and oxygen atoms in total. The van der Waals surface area contributed by atoms with E-state index in [0.717, 1.165) is 6.42 Å². The monoisotopic (exact) mass is 215 g/mol. The van der Waals surface area contributed by atoms with Crippen LogP contribution in [0.2, 0.25) is 0 Å². The van der Waals surface area contributed by atoms with Gasteiger partial charge in [0, 0.05) is 27.1 Å². The first-order valence-corrected chi connectivity index (χ1v) is 5.00. The van der Waals surface area contributed by atoms with Crippen molar-refractivity contribution in [3.05, 3.63) is 0 Å². The molecule has 1 amide bonds. The SMILES string of the molecule is COCC1(C(=O)O)CCCN(C(C)=O)C1. The Morgan fingerprint density at radius 2 is 2.20 bits per heavy atom. The summed E-state index contributed by atoms with van der Waals surface area (Å²) in [4.78, 5) is 24.0. The van der Waals surface area contributed by atoms with Gasteiger partial charge < -0.3 is 14.7 Å². The number of piperidine rings is 1. The molecule has 0 aromatic carbocycles. The highest BCUT2D eigenvalue weighted by molar-refractivity contribution is 5.78. The van der Waals surface area contributed by atoms with Gasteiger partial charge in [0.15, 0.2) is 0 Å². The van der Waals surface area contributed by atoms with E-state index in [4.69, 9.17) is 4.74 Å². The van der Waals surface area contributed by atoms with Crippen LogP contribution < -0.4 is 0 Å². The van der Waals surface area contributed by atoms with Crippen molar-refractivity contribution in [2.75, 3.05) is 26.8 Å². The van der Waals surface area contributed by atoms with Crippen LogP contribution in [0.5, 0.6) is 0 Å². The largest absolute Gasteiger partial charge is 0.481 e. The lowest BCUT2D eigenvalue weighted by molar-refractivity contribution is -0.158. The number of carboxylic acid groups (broad SMARTS) is 1. The van der Waals surface area contributed by atoms with E-state index in [2.05, 4.69) is 0 Å². The second-order valence-electron chi connectivity index (χ2n) is 4.06. The van der Waals surface area contributed by atoms with Crippen LogP contribution in [0, 0.1) is 5.41 Å². The maximum Gasteiger partial charge on any atom is 0.313 e. The first kappa shape index (κ1) is 12.0. The number of hydrogen-bond acceptors (Lipinski definition) is 3. The minimum Gasteiger partial charge on any atom is -0.481 e. The molecule has 1 fully saturated rings. The summed E-state index contributed by atoms with van der Waals surface area (Å²) < 4.78 is 4.96. The van der Waals surface area contributed by atoms with Crippen molar-refractivity contribution in [3.63, 3.8) is 0 Å². The molecule has 0 bridgehead atoms. The molecule has 1 atom stereocenters. The first-order valence-electron chi connectivity index (χ1n) is 5.00. The highest BCUT2D eigenvalue weighted by Gasteiger charge is 2.43. The third kappa shape index (κ3) is 2.47. The highest BCUT2D eigenvalue weighted by Crippen LogP contribution is 2.30. The summed E-state index contributed by atoms with van der Waals surface area (Å²) in [5.74, 6) is -0.952. The first-order chi connectivity index (χ1) is 7.02. The molecule has 1 saturated heterocycles. The number of carbonyl (C=O) groups excluding carboxylic acids is 1. The van der Waals surface area contributed by atoms with E-state index in [9.17, 15) is 14.7 Å². The molecule has 1 aliphatic rings. The molecule has 5 heteroatoms. The maximum atomic E-state index is 11.2. The molecule has 1 N–H and O–H groups in total. The number of methoxy groups -OCH3 is 1. The molecule has 0 aromatic rings. The highest BCUT2D eigenvalue weighted by atomic mass is 16.5. The standard InChI is InChI=1S/C10H17NO4/c1-8(12)11-5-3-4-10(6-11,7-15-2)9(13)14/h3-7H2,1-2H3,(H,13,14). The Balaban J connectivity index is 2.79. The minimum absolute atomic E-state index is 0.0728. The fourth-order valence-electron chi connectivity index (χ4n) is 2.03. The van der Waals surface area contributed by atoms with Crippen LogP contribution in [0.4, 0.5) is 0 Å². The van der Waals surface area contributed by atoms with Crippen LogP contribution in [0.25, 0.3) is 0 Å². The zero-order chi connectivity index (χ0) is 11.5. The number of ether oxygens (including phenoxy) is 1. The molecule has 1 unspecified atom stereocenters. The number of rotatable bonds is 3.